The quantitative estimate of drug-likeness (QED) is 0.544. The first kappa shape index (κ1) is 11.5. The fourth-order valence-corrected chi connectivity index (χ4v) is 1.12. The molecule has 0 N–H and O–H groups in total. The lowest BCUT2D eigenvalue weighted by molar-refractivity contribution is -0.104. The summed E-state index contributed by atoms with van der Waals surface area (Å²) in [6.45, 7) is 4.13. The largest absolute Gasteiger partial charge is 0.491 e. The summed E-state index contributed by atoms with van der Waals surface area (Å²) in [4.78, 5) is 10.1. The molecule has 0 saturated heterocycles. The molecular formula is C13H16O2. The highest BCUT2D eigenvalue weighted by atomic mass is 16.5. The Bertz CT molecular complexity index is 325. The van der Waals surface area contributed by atoms with E-state index in [-0.39, 0.29) is 6.10 Å². The zero-order valence-corrected chi connectivity index (χ0v) is 9.14. The molecule has 80 valence electrons. The zero-order valence-electron chi connectivity index (χ0n) is 9.14. The Labute approximate surface area is 90.6 Å². The van der Waals surface area contributed by atoms with Crippen molar-refractivity contribution >= 4 is 12.4 Å². The Morgan fingerprint density at radius 3 is 2.53 bits per heavy atom. The molecule has 0 fully saturated rings. The van der Waals surface area contributed by atoms with Crippen LogP contribution < -0.4 is 4.74 Å². The molecule has 0 aliphatic heterocycles. The summed E-state index contributed by atoms with van der Waals surface area (Å²) in [7, 11) is 0. The maximum atomic E-state index is 10.1. The summed E-state index contributed by atoms with van der Waals surface area (Å²) in [5.41, 5.74) is 0.999. The molecular weight excluding hydrogens is 188 g/mol. The Morgan fingerprint density at radius 2 is 2.00 bits per heavy atom. The van der Waals surface area contributed by atoms with Gasteiger partial charge in [0, 0.05) is 0 Å². The zero-order chi connectivity index (χ0) is 11.1. The van der Waals surface area contributed by atoms with Crippen molar-refractivity contribution in [1.82, 2.24) is 0 Å². The second-order valence-electron chi connectivity index (χ2n) is 3.40. The molecule has 0 heterocycles. The van der Waals surface area contributed by atoms with E-state index in [0.29, 0.717) is 0 Å². The molecule has 0 saturated carbocycles. The van der Waals surface area contributed by atoms with Crippen molar-refractivity contribution in [3.8, 4) is 5.75 Å². The number of carbonyl (C=O) groups is 1. The molecule has 1 unspecified atom stereocenters. The average molecular weight is 204 g/mol. The van der Waals surface area contributed by atoms with Gasteiger partial charge in [0.15, 0.2) is 0 Å². The summed E-state index contributed by atoms with van der Waals surface area (Å²) in [6, 6.07) is 7.68. The molecule has 0 amide bonds. The van der Waals surface area contributed by atoms with E-state index in [0.717, 1.165) is 24.0 Å². The first-order valence-electron chi connectivity index (χ1n) is 5.14. The van der Waals surface area contributed by atoms with E-state index in [4.69, 9.17) is 4.74 Å². The highest BCUT2D eigenvalue weighted by molar-refractivity contribution is 5.73. The lowest BCUT2D eigenvalue weighted by Crippen LogP contribution is -2.09. The maximum Gasteiger partial charge on any atom is 0.142 e. The third-order valence-electron chi connectivity index (χ3n) is 2.16. The van der Waals surface area contributed by atoms with Crippen molar-refractivity contribution < 1.29 is 9.53 Å². The molecule has 1 rings (SSSR count). The minimum atomic E-state index is 0.237. The third-order valence-corrected chi connectivity index (χ3v) is 2.16. The van der Waals surface area contributed by atoms with Gasteiger partial charge in [0.25, 0.3) is 0 Å². The molecule has 1 atom stereocenters. The molecule has 0 bridgehead atoms. The highest BCUT2D eigenvalue weighted by Gasteiger charge is 1.99. The van der Waals surface area contributed by atoms with Gasteiger partial charge in [-0.2, -0.15) is 0 Å². The van der Waals surface area contributed by atoms with Crippen molar-refractivity contribution in [1.29, 1.82) is 0 Å². The molecule has 0 aliphatic rings. The van der Waals surface area contributed by atoms with Gasteiger partial charge in [0.2, 0.25) is 0 Å². The average Bonchev–Trinajstić information content (AvgIpc) is 2.28. The number of rotatable bonds is 5. The van der Waals surface area contributed by atoms with Gasteiger partial charge in [0.1, 0.15) is 12.0 Å². The molecule has 0 spiro atoms. The van der Waals surface area contributed by atoms with E-state index in [1.807, 2.05) is 31.2 Å². The highest BCUT2D eigenvalue weighted by Crippen LogP contribution is 2.15. The van der Waals surface area contributed by atoms with Crippen LogP contribution in [0.4, 0.5) is 0 Å². The number of benzene rings is 1. The Kier molecular flexibility index (Phi) is 4.61. The van der Waals surface area contributed by atoms with E-state index in [9.17, 15) is 4.79 Å². The van der Waals surface area contributed by atoms with Crippen molar-refractivity contribution in [2.24, 2.45) is 0 Å². The van der Waals surface area contributed by atoms with E-state index >= 15 is 0 Å². The smallest absolute Gasteiger partial charge is 0.142 e. The normalized spacial score (nSPS) is 12.7. The first-order valence-corrected chi connectivity index (χ1v) is 5.14. The van der Waals surface area contributed by atoms with Crippen LogP contribution >= 0.6 is 0 Å². The van der Waals surface area contributed by atoms with Crippen molar-refractivity contribution in [2.45, 2.75) is 26.4 Å². The van der Waals surface area contributed by atoms with Gasteiger partial charge in [-0.3, -0.25) is 4.79 Å². The molecule has 2 heteroatoms. The maximum absolute atomic E-state index is 10.1. The van der Waals surface area contributed by atoms with Crippen LogP contribution in [0.15, 0.2) is 30.3 Å². The molecule has 2 nitrogen and oxygen atoms in total. The second-order valence-corrected chi connectivity index (χ2v) is 3.40. The molecule has 15 heavy (non-hydrogen) atoms. The minimum Gasteiger partial charge on any atom is -0.491 e. The Hall–Kier alpha value is -1.57. The van der Waals surface area contributed by atoms with Crippen molar-refractivity contribution in [3.05, 3.63) is 35.9 Å². The SMILES string of the molecule is CCC(C)Oc1ccc(C=CC=O)cc1. The fraction of sp³-hybridized carbons (Fsp3) is 0.308. The van der Waals surface area contributed by atoms with Gasteiger partial charge in [-0.25, -0.2) is 0 Å². The van der Waals surface area contributed by atoms with E-state index < -0.39 is 0 Å². The van der Waals surface area contributed by atoms with E-state index in [1.165, 1.54) is 6.08 Å². The van der Waals surface area contributed by atoms with Crippen LogP contribution in [0.1, 0.15) is 25.8 Å². The van der Waals surface area contributed by atoms with Gasteiger partial charge in [-0.15, -0.1) is 0 Å². The van der Waals surface area contributed by atoms with Gasteiger partial charge >= 0.3 is 0 Å². The molecule has 1 aromatic rings. The summed E-state index contributed by atoms with van der Waals surface area (Å²) < 4.78 is 5.63. The van der Waals surface area contributed by atoms with Crippen LogP contribution in [-0.4, -0.2) is 12.4 Å². The van der Waals surface area contributed by atoms with Crippen LogP contribution in [0, 0.1) is 0 Å². The second kappa shape index (κ2) is 6.02. The number of carbonyl (C=O) groups excluding carboxylic acids is 1. The summed E-state index contributed by atoms with van der Waals surface area (Å²) in [5, 5.41) is 0. The van der Waals surface area contributed by atoms with Crippen LogP contribution in [0.5, 0.6) is 5.75 Å². The molecule has 1 aromatic carbocycles. The number of hydrogen-bond acceptors (Lipinski definition) is 2. The van der Waals surface area contributed by atoms with Gasteiger partial charge in [0.05, 0.1) is 6.10 Å². The monoisotopic (exact) mass is 204 g/mol. The number of aldehydes is 1. The third kappa shape index (κ3) is 3.98. The Balaban J connectivity index is 2.63. The van der Waals surface area contributed by atoms with Gasteiger partial charge in [-0.05, 0) is 37.1 Å². The number of allylic oxidation sites excluding steroid dienone is 1. The van der Waals surface area contributed by atoms with Crippen LogP contribution in [0.25, 0.3) is 6.08 Å². The predicted octanol–water partition coefficient (Wildman–Crippen LogP) is 3.08. The number of ether oxygens (including phenoxy) is 1. The number of hydrogen-bond donors (Lipinski definition) is 0. The van der Waals surface area contributed by atoms with Crippen molar-refractivity contribution in [3.63, 3.8) is 0 Å². The van der Waals surface area contributed by atoms with E-state index in [1.54, 1.807) is 6.08 Å². The van der Waals surface area contributed by atoms with E-state index in [2.05, 4.69) is 6.92 Å². The molecule has 0 radical (unpaired) electrons. The summed E-state index contributed by atoms with van der Waals surface area (Å²) >= 11 is 0. The lowest BCUT2D eigenvalue weighted by Gasteiger charge is -2.12. The van der Waals surface area contributed by atoms with Crippen LogP contribution in [0.3, 0.4) is 0 Å². The molecule has 0 aliphatic carbocycles. The first-order chi connectivity index (χ1) is 7.26. The van der Waals surface area contributed by atoms with Crippen LogP contribution in [-0.2, 0) is 4.79 Å². The van der Waals surface area contributed by atoms with Gasteiger partial charge < -0.3 is 4.74 Å². The standard InChI is InChI=1S/C13H16O2/c1-3-11(2)15-13-8-6-12(7-9-13)5-4-10-14/h4-11H,3H2,1-2H3. The predicted molar refractivity (Wildman–Crippen MR) is 61.9 cm³/mol. The topological polar surface area (TPSA) is 26.3 Å². The van der Waals surface area contributed by atoms with Crippen molar-refractivity contribution in [2.75, 3.05) is 0 Å². The molecule has 0 aromatic heterocycles. The van der Waals surface area contributed by atoms with Gasteiger partial charge in [-0.1, -0.05) is 25.1 Å². The minimum absolute atomic E-state index is 0.237. The fourth-order valence-electron chi connectivity index (χ4n) is 1.12. The lowest BCUT2D eigenvalue weighted by atomic mass is 10.2. The van der Waals surface area contributed by atoms with Crippen LogP contribution in [0.2, 0.25) is 0 Å². The Morgan fingerprint density at radius 1 is 1.33 bits per heavy atom. The summed E-state index contributed by atoms with van der Waals surface area (Å²) in [5.74, 6) is 0.868. The summed E-state index contributed by atoms with van der Waals surface area (Å²) in [6.07, 6.45) is 5.24.